The van der Waals surface area contributed by atoms with Gasteiger partial charge in [0.05, 0.1) is 6.54 Å². The molecule has 1 aromatic carbocycles. The number of carbonyl (C=O) groups excluding carboxylic acids is 1. The van der Waals surface area contributed by atoms with Crippen LogP contribution in [0.3, 0.4) is 0 Å². The molecule has 4 heteroatoms. The third-order valence-corrected chi connectivity index (χ3v) is 1.67. The van der Waals surface area contributed by atoms with Gasteiger partial charge >= 0.3 is 0 Å². The van der Waals surface area contributed by atoms with Gasteiger partial charge in [-0.25, -0.2) is 18.6 Å². The molecular formula is C9H7F2NO. The van der Waals surface area contributed by atoms with Crippen LogP contribution in [0.15, 0.2) is 17.1 Å². The predicted octanol–water partition coefficient (Wildman–Crippen LogP) is 2.11. The van der Waals surface area contributed by atoms with E-state index in [9.17, 15) is 13.6 Å². The van der Waals surface area contributed by atoms with Crippen LogP contribution in [0.4, 0.5) is 8.78 Å². The number of isocyanates is 1. The van der Waals surface area contributed by atoms with Crippen LogP contribution >= 0.6 is 0 Å². The third-order valence-electron chi connectivity index (χ3n) is 1.67. The van der Waals surface area contributed by atoms with Gasteiger partial charge in [0.2, 0.25) is 6.08 Å². The lowest BCUT2D eigenvalue weighted by Crippen LogP contribution is -1.92. The number of hydrogen-bond acceptors (Lipinski definition) is 2. The summed E-state index contributed by atoms with van der Waals surface area (Å²) >= 11 is 0. The van der Waals surface area contributed by atoms with E-state index in [1.165, 1.54) is 13.0 Å². The van der Waals surface area contributed by atoms with Gasteiger partial charge in [-0.2, -0.15) is 0 Å². The van der Waals surface area contributed by atoms with Crippen LogP contribution in [-0.4, -0.2) is 6.08 Å². The van der Waals surface area contributed by atoms with Crippen LogP contribution in [-0.2, 0) is 11.3 Å². The van der Waals surface area contributed by atoms with Crippen molar-refractivity contribution in [1.29, 1.82) is 0 Å². The fraction of sp³-hybridized carbons (Fsp3) is 0.222. The Hall–Kier alpha value is -1.54. The van der Waals surface area contributed by atoms with Crippen molar-refractivity contribution >= 4 is 6.08 Å². The second-order valence-electron chi connectivity index (χ2n) is 2.59. The Morgan fingerprint density at radius 1 is 1.38 bits per heavy atom. The van der Waals surface area contributed by atoms with Crippen molar-refractivity contribution < 1.29 is 13.6 Å². The average Bonchev–Trinajstić information content (AvgIpc) is 2.10. The smallest absolute Gasteiger partial charge is 0.211 e. The highest BCUT2D eigenvalue weighted by Gasteiger charge is 2.05. The van der Waals surface area contributed by atoms with Gasteiger partial charge in [-0.3, -0.25) is 0 Å². The molecule has 0 radical (unpaired) electrons. The largest absolute Gasteiger partial charge is 0.235 e. The SMILES string of the molecule is Cc1c(F)cc(CN=C=O)cc1F. The van der Waals surface area contributed by atoms with E-state index in [0.717, 1.165) is 12.1 Å². The zero-order valence-corrected chi connectivity index (χ0v) is 6.97. The minimum Gasteiger partial charge on any atom is -0.211 e. The number of benzene rings is 1. The lowest BCUT2D eigenvalue weighted by Gasteiger charge is -2.00. The van der Waals surface area contributed by atoms with Crippen molar-refractivity contribution in [2.75, 3.05) is 0 Å². The Balaban J connectivity index is 3.05. The maximum absolute atomic E-state index is 12.9. The maximum Gasteiger partial charge on any atom is 0.235 e. The van der Waals surface area contributed by atoms with Crippen molar-refractivity contribution in [1.82, 2.24) is 0 Å². The molecule has 0 saturated carbocycles. The van der Waals surface area contributed by atoms with Crippen LogP contribution in [0.25, 0.3) is 0 Å². The summed E-state index contributed by atoms with van der Waals surface area (Å²) in [6.45, 7) is 1.30. The fourth-order valence-corrected chi connectivity index (χ4v) is 0.913. The standard InChI is InChI=1S/C9H7F2NO/c1-6-8(10)2-7(3-9(6)11)4-12-5-13/h2-3H,4H2,1H3. The molecule has 0 aliphatic carbocycles. The third kappa shape index (κ3) is 2.20. The minimum atomic E-state index is -0.629. The van der Waals surface area contributed by atoms with Gasteiger partial charge in [0.15, 0.2) is 0 Å². The van der Waals surface area contributed by atoms with Crippen molar-refractivity contribution in [2.24, 2.45) is 4.99 Å². The second kappa shape index (κ2) is 3.92. The molecule has 0 N–H and O–H groups in total. The summed E-state index contributed by atoms with van der Waals surface area (Å²) in [6.07, 6.45) is 1.30. The topological polar surface area (TPSA) is 29.4 Å². The minimum absolute atomic E-state index is 0.0289. The van der Waals surface area contributed by atoms with Crippen LogP contribution in [0, 0.1) is 18.6 Å². The van der Waals surface area contributed by atoms with Gasteiger partial charge < -0.3 is 0 Å². The molecule has 0 spiro atoms. The Morgan fingerprint density at radius 3 is 2.38 bits per heavy atom. The first-order valence-corrected chi connectivity index (χ1v) is 3.63. The van der Waals surface area contributed by atoms with Crippen molar-refractivity contribution in [2.45, 2.75) is 13.5 Å². The van der Waals surface area contributed by atoms with E-state index in [0.29, 0.717) is 5.56 Å². The summed E-state index contributed by atoms with van der Waals surface area (Å²) in [7, 11) is 0. The first kappa shape index (κ1) is 9.55. The van der Waals surface area contributed by atoms with E-state index in [4.69, 9.17) is 0 Å². The Kier molecular flexibility index (Phi) is 2.88. The molecular weight excluding hydrogens is 176 g/mol. The van der Waals surface area contributed by atoms with E-state index < -0.39 is 11.6 Å². The van der Waals surface area contributed by atoms with Crippen LogP contribution < -0.4 is 0 Å². The van der Waals surface area contributed by atoms with E-state index in [2.05, 4.69) is 4.99 Å². The molecule has 0 bridgehead atoms. The molecule has 0 unspecified atom stereocenters. The molecule has 0 aromatic heterocycles. The summed E-state index contributed by atoms with van der Waals surface area (Å²) in [5.41, 5.74) is 0.294. The fourth-order valence-electron chi connectivity index (χ4n) is 0.913. The zero-order chi connectivity index (χ0) is 9.84. The first-order chi connectivity index (χ1) is 6.15. The Labute approximate surface area is 73.9 Å². The number of rotatable bonds is 2. The van der Waals surface area contributed by atoms with E-state index in [1.54, 1.807) is 0 Å². The van der Waals surface area contributed by atoms with Crippen LogP contribution in [0.5, 0.6) is 0 Å². The summed E-state index contributed by atoms with van der Waals surface area (Å²) < 4.78 is 25.8. The Bertz CT molecular complexity index is 347. The van der Waals surface area contributed by atoms with Crippen LogP contribution in [0.1, 0.15) is 11.1 Å². The molecule has 0 amide bonds. The van der Waals surface area contributed by atoms with Gasteiger partial charge in [0.1, 0.15) is 11.6 Å². The number of hydrogen-bond donors (Lipinski definition) is 0. The highest BCUT2D eigenvalue weighted by molar-refractivity contribution is 5.34. The quantitative estimate of drug-likeness (QED) is 0.510. The molecule has 0 fully saturated rings. The molecule has 0 aliphatic heterocycles. The molecule has 0 saturated heterocycles. The molecule has 13 heavy (non-hydrogen) atoms. The summed E-state index contributed by atoms with van der Waals surface area (Å²) in [6, 6.07) is 2.30. The molecule has 0 heterocycles. The molecule has 0 atom stereocenters. The number of halogens is 2. The monoisotopic (exact) mass is 183 g/mol. The molecule has 0 aliphatic rings. The summed E-state index contributed by atoms with van der Waals surface area (Å²) in [5, 5.41) is 0. The average molecular weight is 183 g/mol. The summed E-state index contributed by atoms with van der Waals surface area (Å²) in [4.78, 5) is 13.0. The van der Waals surface area contributed by atoms with Gasteiger partial charge in [0, 0.05) is 5.56 Å². The van der Waals surface area contributed by atoms with Crippen molar-refractivity contribution in [3.8, 4) is 0 Å². The lowest BCUT2D eigenvalue weighted by molar-refractivity contribution is 0.559. The van der Waals surface area contributed by atoms with Crippen LogP contribution in [0.2, 0.25) is 0 Å². The summed E-state index contributed by atoms with van der Waals surface area (Å²) in [5.74, 6) is -1.26. The molecule has 68 valence electrons. The van der Waals surface area contributed by atoms with Crippen molar-refractivity contribution in [3.05, 3.63) is 34.9 Å². The Morgan fingerprint density at radius 2 is 1.92 bits per heavy atom. The predicted molar refractivity (Wildman–Crippen MR) is 42.9 cm³/mol. The highest BCUT2D eigenvalue weighted by Crippen LogP contribution is 2.14. The van der Waals surface area contributed by atoms with E-state index in [1.807, 2.05) is 0 Å². The van der Waals surface area contributed by atoms with Gasteiger partial charge in [-0.05, 0) is 24.6 Å². The molecule has 1 rings (SSSR count). The van der Waals surface area contributed by atoms with Gasteiger partial charge in [-0.1, -0.05) is 0 Å². The normalized spacial score (nSPS) is 9.46. The molecule has 1 aromatic rings. The number of nitrogens with zero attached hydrogens (tertiary/aromatic N) is 1. The van der Waals surface area contributed by atoms with Gasteiger partial charge in [0.25, 0.3) is 0 Å². The van der Waals surface area contributed by atoms with Gasteiger partial charge in [-0.15, -0.1) is 0 Å². The van der Waals surface area contributed by atoms with E-state index in [-0.39, 0.29) is 12.1 Å². The van der Waals surface area contributed by atoms with Crippen molar-refractivity contribution in [3.63, 3.8) is 0 Å². The first-order valence-electron chi connectivity index (χ1n) is 3.63. The molecule has 2 nitrogen and oxygen atoms in total. The van der Waals surface area contributed by atoms with E-state index >= 15 is 0 Å². The highest BCUT2D eigenvalue weighted by atomic mass is 19.1. The number of aliphatic imine (C=N–C) groups is 1. The zero-order valence-electron chi connectivity index (χ0n) is 6.97. The maximum atomic E-state index is 12.9. The lowest BCUT2D eigenvalue weighted by atomic mass is 10.1. The second-order valence-corrected chi connectivity index (χ2v) is 2.59.